The number of carbonyl (C=O) groups is 1. The summed E-state index contributed by atoms with van der Waals surface area (Å²) in [7, 11) is 0. The van der Waals surface area contributed by atoms with Gasteiger partial charge in [0, 0.05) is 17.8 Å². The Kier molecular flexibility index (Phi) is 4.69. The predicted octanol–water partition coefficient (Wildman–Crippen LogP) is 4.39. The number of pyridine rings is 1. The van der Waals surface area contributed by atoms with Gasteiger partial charge in [-0.2, -0.15) is 0 Å². The smallest absolute Gasteiger partial charge is 0.253 e. The highest BCUT2D eigenvalue weighted by atomic mass is 16.1. The number of nitrogens with zero attached hydrogens (tertiary/aromatic N) is 2. The minimum atomic E-state index is -0.0385. The van der Waals surface area contributed by atoms with Crippen LogP contribution in [0.25, 0.3) is 22.6 Å². The van der Waals surface area contributed by atoms with Crippen molar-refractivity contribution in [1.29, 1.82) is 0 Å². The van der Waals surface area contributed by atoms with Gasteiger partial charge in [-0.05, 0) is 25.8 Å². The summed E-state index contributed by atoms with van der Waals surface area (Å²) in [5, 5.41) is 3.21. The van der Waals surface area contributed by atoms with Crippen LogP contribution < -0.4 is 5.32 Å². The number of H-pyrrole nitrogens is 1. The summed E-state index contributed by atoms with van der Waals surface area (Å²) in [5.74, 6) is 0.700. The zero-order chi connectivity index (χ0) is 17.9. The lowest BCUT2D eigenvalue weighted by atomic mass is 10.1. The van der Waals surface area contributed by atoms with Crippen LogP contribution in [0, 0.1) is 6.92 Å². The molecule has 134 valence electrons. The third kappa shape index (κ3) is 3.47. The molecule has 2 heterocycles. The lowest BCUT2D eigenvalue weighted by Crippen LogP contribution is -2.34. The first-order valence-electron chi connectivity index (χ1n) is 9.43. The maximum Gasteiger partial charge on any atom is 0.253 e. The standard InChI is InChI=1S/C21H24N4O/c1-14-8-10-15(11-9-14)19-24-18-17(12-13-22-20(18)25-19)21(26)23-16-6-4-2-3-5-7-16/h8-13,16H,2-7H2,1H3,(H,23,26)(H,22,24,25). The predicted molar refractivity (Wildman–Crippen MR) is 103 cm³/mol. The Morgan fingerprint density at radius 2 is 1.81 bits per heavy atom. The average Bonchev–Trinajstić information content (AvgIpc) is 2.92. The molecule has 1 saturated carbocycles. The highest BCUT2D eigenvalue weighted by Crippen LogP contribution is 2.23. The van der Waals surface area contributed by atoms with Crippen molar-refractivity contribution in [2.24, 2.45) is 0 Å². The summed E-state index contributed by atoms with van der Waals surface area (Å²) in [6.45, 7) is 2.06. The molecule has 2 aromatic heterocycles. The van der Waals surface area contributed by atoms with Crippen LogP contribution in [-0.4, -0.2) is 26.9 Å². The quantitative estimate of drug-likeness (QED) is 0.690. The second-order valence-corrected chi connectivity index (χ2v) is 7.17. The fourth-order valence-electron chi connectivity index (χ4n) is 3.64. The molecule has 0 saturated heterocycles. The number of imidazole rings is 1. The Balaban J connectivity index is 1.62. The van der Waals surface area contributed by atoms with Crippen LogP contribution in [0.4, 0.5) is 0 Å². The van der Waals surface area contributed by atoms with Crippen LogP contribution in [0.5, 0.6) is 0 Å². The number of aromatic nitrogens is 3. The summed E-state index contributed by atoms with van der Waals surface area (Å²) >= 11 is 0. The summed E-state index contributed by atoms with van der Waals surface area (Å²) in [6, 6.07) is 10.2. The topological polar surface area (TPSA) is 70.7 Å². The van der Waals surface area contributed by atoms with Crippen LogP contribution >= 0.6 is 0 Å². The van der Waals surface area contributed by atoms with Crippen LogP contribution in [0.1, 0.15) is 54.4 Å². The van der Waals surface area contributed by atoms with E-state index in [4.69, 9.17) is 0 Å². The van der Waals surface area contributed by atoms with Gasteiger partial charge < -0.3 is 10.3 Å². The molecule has 0 aliphatic heterocycles. The monoisotopic (exact) mass is 348 g/mol. The average molecular weight is 348 g/mol. The number of hydrogen-bond acceptors (Lipinski definition) is 3. The van der Waals surface area contributed by atoms with Gasteiger partial charge in [-0.1, -0.05) is 55.5 Å². The van der Waals surface area contributed by atoms with Crippen molar-refractivity contribution < 1.29 is 4.79 Å². The Morgan fingerprint density at radius 3 is 2.54 bits per heavy atom. The van der Waals surface area contributed by atoms with E-state index in [0.29, 0.717) is 16.7 Å². The van der Waals surface area contributed by atoms with Gasteiger partial charge in [0.05, 0.1) is 11.1 Å². The van der Waals surface area contributed by atoms with E-state index >= 15 is 0 Å². The van der Waals surface area contributed by atoms with Crippen molar-refractivity contribution in [1.82, 2.24) is 20.3 Å². The van der Waals surface area contributed by atoms with Crippen molar-refractivity contribution in [3.63, 3.8) is 0 Å². The highest BCUT2D eigenvalue weighted by molar-refractivity contribution is 6.04. The fraction of sp³-hybridized carbons (Fsp3) is 0.381. The van der Waals surface area contributed by atoms with Crippen LogP contribution in [0.2, 0.25) is 0 Å². The molecule has 1 aliphatic rings. The number of hydrogen-bond donors (Lipinski definition) is 2. The minimum absolute atomic E-state index is 0.0385. The van der Waals surface area contributed by atoms with Crippen molar-refractivity contribution in [2.75, 3.05) is 0 Å². The Bertz CT molecular complexity index is 905. The maximum absolute atomic E-state index is 12.8. The van der Waals surface area contributed by atoms with E-state index in [1.54, 1.807) is 12.3 Å². The van der Waals surface area contributed by atoms with Crippen LogP contribution in [0.3, 0.4) is 0 Å². The molecule has 4 rings (SSSR count). The second kappa shape index (κ2) is 7.28. The molecule has 1 aromatic carbocycles. The molecule has 0 atom stereocenters. The van der Waals surface area contributed by atoms with E-state index in [1.807, 2.05) is 12.1 Å². The molecular formula is C21H24N4O. The normalized spacial score (nSPS) is 15.7. The number of rotatable bonds is 3. The van der Waals surface area contributed by atoms with E-state index < -0.39 is 0 Å². The lowest BCUT2D eigenvalue weighted by molar-refractivity contribution is 0.0935. The molecule has 1 amide bonds. The number of carbonyl (C=O) groups excluding carboxylic acids is 1. The number of aryl methyl sites for hydroxylation is 1. The summed E-state index contributed by atoms with van der Waals surface area (Å²) < 4.78 is 0. The summed E-state index contributed by atoms with van der Waals surface area (Å²) in [6.07, 6.45) is 8.72. The van der Waals surface area contributed by atoms with Gasteiger partial charge in [-0.3, -0.25) is 4.79 Å². The molecule has 5 nitrogen and oxygen atoms in total. The third-order valence-corrected chi connectivity index (χ3v) is 5.15. The Labute approximate surface area is 153 Å². The molecular weight excluding hydrogens is 324 g/mol. The molecule has 2 N–H and O–H groups in total. The lowest BCUT2D eigenvalue weighted by Gasteiger charge is -2.16. The number of benzene rings is 1. The van der Waals surface area contributed by atoms with E-state index in [1.165, 1.54) is 31.2 Å². The molecule has 5 heteroatoms. The number of fused-ring (bicyclic) bond motifs is 1. The fourth-order valence-corrected chi connectivity index (χ4v) is 3.64. The van der Waals surface area contributed by atoms with Gasteiger partial charge in [0.25, 0.3) is 5.91 Å². The zero-order valence-electron chi connectivity index (χ0n) is 15.1. The molecule has 0 spiro atoms. The zero-order valence-corrected chi connectivity index (χ0v) is 15.1. The largest absolute Gasteiger partial charge is 0.349 e. The van der Waals surface area contributed by atoms with E-state index in [9.17, 15) is 4.79 Å². The number of nitrogens with one attached hydrogen (secondary N) is 2. The molecule has 0 bridgehead atoms. The summed E-state index contributed by atoms with van der Waals surface area (Å²) in [5.41, 5.74) is 4.09. The van der Waals surface area contributed by atoms with Gasteiger partial charge in [-0.25, -0.2) is 9.97 Å². The Morgan fingerprint density at radius 1 is 1.08 bits per heavy atom. The molecule has 1 aliphatic carbocycles. The SMILES string of the molecule is Cc1ccc(-c2nc3nccc(C(=O)NC4CCCCCC4)c3[nH]2)cc1. The van der Waals surface area contributed by atoms with E-state index in [0.717, 1.165) is 24.2 Å². The first kappa shape index (κ1) is 16.8. The molecule has 26 heavy (non-hydrogen) atoms. The second-order valence-electron chi connectivity index (χ2n) is 7.17. The molecule has 3 aromatic rings. The Hall–Kier alpha value is -2.69. The van der Waals surface area contributed by atoms with Gasteiger partial charge in [-0.15, -0.1) is 0 Å². The van der Waals surface area contributed by atoms with Gasteiger partial charge in [0.15, 0.2) is 5.65 Å². The third-order valence-electron chi connectivity index (χ3n) is 5.15. The van der Waals surface area contributed by atoms with Crippen molar-refractivity contribution in [3.05, 3.63) is 47.7 Å². The van der Waals surface area contributed by atoms with Crippen LogP contribution in [0.15, 0.2) is 36.5 Å². The molecule has 1 fully saturated rings. The summed E-state index contributed by atoms with van der Waals surface area (Å²) in [4.78, 5) is 25.0. The van der Waals surface area contributed by atoms with Gasteiger partial charge in [0.1, 0.15) is 5.82 Å². The van der Waals surface area contributed by atoms with Crippen LogP contribution in [-0.2, 0) is 0 Å². The van der Waals surface area contributed by atoms with Crippen molar-refractivity contribution >= 4 is 17.1 Å². The van der Waals surface area contributed by atoms with Crippen molar-refractivity contribution in [3.8, 4) is 11.4 Å². The minimum Gasteiger partial charge on any atom is -0.349 e. The molecule has 0 unspecified atom stereocenters. The first-order chi connectivity index (χ1) is 12.7. The van der Waals surface area contributed by atoms with Crippen molar-refractivity contribution in [2.45, 2.75) is 51.5 Å². The van der Waals surface area contributed by atoms with E-state index in [2.05, 4.69) is 39.3 Å². The van der Waals surface area contributed by atoms with Gasteiger partial charge in [0.2, 0.25) is 0 Å². The van der Waals surface area contributed by atoms with Gasteiger partial charge >= 0.3 is 0 Å². The maximum atomic E-state index is 12.8. The van der Waals surface area contributed by atoms with E-state index in [-0.39, 0.29) is 11.9 Å². The first-order valence-corrected chi connectivity index (χ1v) is 9.43. The number of amides is 1. The highest BCUT2D eigenvalue weighted by Gasteiger charge is 2.19. The molecule has 0 radical (unpaired) electrons. The number of aromatic amines is 1.